The molecule has 0 fully saturated rings. The van der Waals surface area contributed by atoms with Gasteiger partial charge in [-0.1, -0.05) is 44.4 Å². The largest absolute Gasteiger partial charge is 0.316 e. The van der Waals surface area contributed by atoms with E-state index in [0.717, 1.165) is 12.0 Å². The van der Waals surface area contributed by atoms with Crippen LogP contribution in [0.1, 0.15) is 38.7 Å². The molecule has 0 aromatic heterocycles. The fraction of sp³-hybridized carbons (Fsp3) is 0.600. The van der Waals surface area contributed by atoms with Gasteiger partial charge in [0.25, 0.3) is 0 Å². The predicted molar refractivity (Wildman–Crippen MR) is 76.7 cm³/mol. The van der Waals surface area contributed by atoms with Crippen LogP contribution in [0.2, 0.25) is 5.02 Å². The summed E-state index contributed by atoms with van der Waals surface area (Å²) in [6.07, 6.45) is 4.52. The first-order chi connectivity index (χ1) is 8.58. The van der Waals surface area contributed by atoms with Gasteiger partial charge in [0, 0.05) is 11.1 Å². The van der Waals surface area contributed by atoms with E-state index < -0.39 is 0 Å². The summed E-state index contributed by atoms with van der Waals surface area (Å²) < 4.78 is 13.0. The highest BCUT2D eigenvalue weighted by Gasteiger charge is 2.16. The molecule has 0 aliphatic rings. The SMILES string of the molecule is CCCCC(C)C(Cc1ccc(F)cc1Cl)NC. The van der Waals surface area contributed by atoms with Gasteiger partial charge in [-0.2, -0.15) is 0 Å². The van der Waals surface area contributed by atoms with Gasteiger partial charge in [-0.3, -0.25) is 0 Å². The Kier molecular flexibility index (Phi) is 6.66. The second kappa shape index (κ2) is 7.75. The molecule has 0 aliphatic heterocycles. The summed E-state index contributed by atoms with van der Waals surface area (Å²) in [6.45, 7) is 4.46. The van der Waals surface area contributed by atoms with E-state index in [4.69, 9.17) is 11.6 Å². The van der Waals surface area contributed by atoms with Crippen molar-refractivity contribution in [3.8, 4) is 0 Å². The highest BCUT2D eigenvalue weighted by atomic mass is 35.5. The van der Waals surface area contributed by atoms with Crippen LogP contribution in [0.25, 0.3) is 0 Å². The Hall–Kier alpha value is -0.600. The summed E-state index contributed by atoms with van der Waals surface area (Å²) >= 11 is 6.07. The van der Waals surface area contributed by atoms with Gasteiger partial charge in [0.15, 0.2) is 0 Å². The quantitative estimate of drug-likeness (QED) is 0.773. The second-order valence-electron chi connectivity index (χ2n) is 4.95. The van der Waals surface area contributed by atoms with Crippen LogP contribution in [0.5, 0.6) is 0 Å². The molecule has 102 valence electrons. The van der Waals surface area contributed by atoms with E-state index in [1.165, 1.54) is 31.4 Å². The molecule has 2 atom stereocenters. The van der Waals surface area contributed by atoms with Crippen molar-refractivity contribution in [2.24, 2.45) is 5.92 Å². The van der Waals surface area contributed by atoms with Crippen LogP contribution in [0.3, 0.4) is 0 Å². The van der Waals surface area contributed by atoms with Crippen LogP contribution in [-0.4, -0.2) is 13.1 Å². The van der Waals surface area contributed by atoms with Crippen LogP contribution < -0.4 is 5.32 Å². The summed E-state index contributed by atoms with van der Waals surface area (Å²) in [7, 11) is 1.98. The molecule has 18 heavy (non-hydrogen) atoms. The van der Waals surface area contributed by atoms with Gasteiger partial charge < -0.3 is 5.32 Å². The number of unbranched alkanes of at least 4 members (excludes halogenated alkanes) is 1. The van der Waals surface area contributed by atoms with Gasteiger partial charge in [-0.25, -0.2) is 4.39 Å². The minimum atomic E-state index is -0.274. The molecule has 1 aromatic rings. The first-order valence-corrected chi connectivity index (χ1v) is 7.07. The van der Waals surface area contributed by atoms with Crippen LogP contribution >= 0.6 is 11.6 Å². The Bertz CT molecular complexity index is 368. The molecule has 0 heterocycles. The molecular formula is C15H23ClFN. The van der Waals surface area contributed by atoms with Gasteiger partial charge in [-0.15, -0.1) is 0 Å². The molecule has 0 amide bonds. The fourth-order valence-electron chi connectivity index (χ4n) is 2.24. The standard InChI is InChI=1S/C15H23ClFN/c1-4-5-6-11(2)15(18-3)9-12-7-8-13(17)10-14(12)16/h7-8,10-11,15,18H,4-6,9H2,1-3H3. The first kappa shape index (κ1) is 15.5. The number of nitrogens with one attached hydrogen (secondary N) is 1. The Morgan fingerprint density at radius 2 is 2.11 bits per heavy atom. The summed E-state index contributed by atoms with van der Waals surface area (Å²) in [6, 6.07) is 5.04. The third kappa shape index (κ3) is 4.58. The number of hydrogen-bond donors (Lipinski definition) is 1. The summed E-state index contributed by atoms with van der Waals surface area (Å²) in [5.41, 5.74) is 1.01. The lowest BCUT2D eigenvalue weighted by molar-refractivity contribution is 0.365. The molecule has 0 spiro atoms. The van der Waals surface area contributed by atoms with Gasteiger partial charge in [0.2, 0.25) is 0 Å². The van der Waals surface area contributed by atoms with Gasteiger partial charge >= 0.3 is 0 Å². The molecule has 1 aromatic carbocycles. The molecule has 1 rings (SSSR count). The third-order valence-electron chi connectivity index (χ3n) is 3.53. The average Bonchev–Trinajstić information content (AvgIpc) is 2.35. The fourth-order valence-corrected chi connectivity index (χ4v) is 2.48. The highest BCUT2D eigenvalue weighted by molar-refractivity contribution is 6.31. The zero-order valence-corrected chi connectivity index (χ0v) is 12.2. The number of rotatable bonds is 7. The zero-order chi connectivity index (χ0) is 13.5. The van der Waals surface area contributed by atoms with Crippen molar-refractivity contribution in [2.45, 2.75) is 45.6 Å². The van der Waals surface area contributed by atoms with E-state index in [1.807, 2.05) is 7.05 Å². The third-order valence-corrected chi connectivity index (χ3v) is 3.88. The summed E-state index contributed by atoms with van der Waals surface area (Å²) in [4.78, 5) is 0. The minimum Gasteiger partial charge on any atom is -0.316 e. The molecule has 2 unspecified atom stereocenters. The van der Waals surface area contributed by atoms with Crippen molar-refractivity contribution in [1.29, 1.82) is 0 Å². The van der Waals surface area contributed by atoms with Crippen molar-refractivity contribution < 1.29 is 4.39 Å². The Morgan fingerprint density at radius 3 is 2.67 bits per heavy atom. The van der Waals surface area contributed by atoms with Crippen LogP contribution in [-0.2, 0) is 6.42 Å². The molecule has 0 bridgehead atoms. The van der Waals surface area contributed by atoms with Crippen molar-refractivity contribution in [3.05, 3.63) is 34.6 Å². The van der Waals surface area contributed by atoms with Gasteiger partial charge in [0.05, 0.1) is 0 Å². The zero-order valence-electron chi connectivity index (χ0n) is 11.5. The molecule has 0 aliphatic carbocycles. The summed E-state index contributed by atoms with van der Waals surface area (Å²) in [5, 5.41) is 3.87. The highest BCUT2D eigenvalue weighted by Crippen LogP contribution is 2.22. The topological polar surface area (TPSA) is 12.0 Å². The molecule has 0 radical (unpaired) electrons. The predicted octanol–water partition coefficient (Wildman–Crippen LogP) is 4.44. The van der Waals surface area contributed by atoms with E-state index in [1.54, 1.807) is 6.07 Å². The lowest BCUT2D eigenvalue weighted by Crippen LogP contribution is -2.34. The lowest BCUT2D eigenvalue weighted by Gasteiger charge is -2.24. The molecule has 0 saturated heterocycles. The van der Waals surface area contributed by atoms with Crippen molar-refractivity contribution >= 4 is 11.6 Å². The van der Waals surface area contributed by atoms with Crippen LogP contribution in [0.4, 0.5) is 4.39 Å². The lowest BCUT2D eigenvalue weighted by atomic mass is 9.91. The maximum Gasteiger partial charge on any atom is 0.124 e. The van der Waals surface area contributed by atoms with E-state index in [-0.39, 0.29) is 5.82 Å². The monoisotopic (exact) mass is 271 g/mol. The Morgan fingerprint density at radius 1 is 1.39 bits per heavy atom. The normalized spacial score (nSPS) is 14.5. The van der Waals surface area contributed by atoms with E-state index in [0.29, 0.717) is 17.0 Å². The Balaban J connectivity index is 2.67. The van der Waals surface area contributed by atoms with Crippen LogP contribution in [0.15, 0.2) is 18.2 Å². The molecule has 3 heteroatoms. The van der Waals surface area contributed by atoms with E-state index >= 15 is 0 Å². The summed E-state index contributed by atoms with van der Waals surface area (Å²) in [5.74, 6) is 0.319. The molecule has 0 saturated carbocycles. The van der Waals surface area contributed by atoms with Crippen molar-refractivity contribution in [3.63, 3.8) is 0 Å². The smallest absolute Gasteiger partial charge is 0.124 e. The van der Waals surface area contributed by atoms with Crippen LogP contribution in [0, 0.1) is 11.7 Å². The number of likely N-dealkylation sites (N-methyl/N-ethyl adjacent to an activating group) is 1. The first-order valence-electron chi connectivity index (χ1n) is 6.69. The molecule has 1 N–H and O–H groups in total. The second-order valence-corrected chi connectivity index (χ2v) is 5.36. The number of benzene rings is 1. The van der Waals surface area contributed by atoms with Gasteiger partial charge in [0.1, 0.15) is 5.82 Å². The van der Waals surface area contributed by atoms with Crippen molar-refractivity contribution in [2.75, 3.05) is 7.05 Å². The molecular weight excluding hydrogens is 249 g/mol. The average molecular weight is 272 g/mol. The minimum absolute atomic E-state index is 0.274. The molecule has 1 nitrogen and oxygen atoms in total. The van der Waals surface area contributed by atoms with E-state index in [9.17, 15) is 4.39 Å². The van der Waals surface area contributed by atoms with Crippen molar-refractivity contribution in [1.82, 2.24) is 5.32 Å². The maximum atomic E-state index is 13.0. The number of halogens is 2. The number of hydrogen-bond acceptors (Lipinski definition) is 1. The maximum absolute atomic E-state index is 13.0. The Labute approximate surface area is 115 Å². The van der Waals surface area contributed by atoms with Gasteiger partial charge in [-0.05, 0) is 43.5 Å². The van der Waals surface area contributed by atoms with E-state index in [2.05, 4.69) is 19.2 Å².